The average Bonchev–Trinajstić information content (AvgIpc) is 3.23. The van der Waals surface area contributed by atoms with Crippen LogP contribution in [0.3, 0.4) is 0 Å². The zero-order chi connectivity index (χ0) is 34.5. The first-order valence-electron chi connectivity index (χ1n) is 18.2. The van der Waals surface area contributed by atoms with Crippen molar-refractivity contribution in [1.29, 1.82) is 0 Å². The van der Waals surface area contributed by atoms with Crippen LogP contribution in [0.5, 0.6) is 0 Å². The smallest absolute Gasteiger partial charge is 0.0622 e. The first kappa shape index (κ1) is 30.3. The fourth-order valence-corrected chi connectivity index (χ4v) is 8.95. The summed E-state index contributed by atoms with van der Waals surface area (Å²) >= 11 is 0. The molecule has 0 saturated carbocycles. The van der Waals surface area contributed by atoms with Crippen LogP contribution in [0.4, 0.5) is 0 Å². The van der Waals surface area contributed by atoms with Gasteiger partial charge in [0.2, 0.25) is 0 Å². The van der Waals surface area contributed by atoms with E-state index in [1.54, 1.807) is 0 Å². The summed E-state index contributed by atoms with van der Waals surface area (Å²) in [6.45, 7) is 0. The van der Waals surface area contributed by atoms with Crippen molar-refractivity contribution in [3.63, 3.8) is 0 Å². The fraction of sp³-hybridized carbons (Fsp3) is 0.0385. The molecule has 52 heavy (non-hydrogen) atoms. The van der Waals surface area contributed by atoms with Gasteiger partial charge in [-0.15, -0.1) is 0 Å². The Balaban J connectivity index is 1.30. The molecule has 2 aliphatic carbocycles. The van der Waals surface area contributed by atoms with E-state index in [1.807, 2.05) is 0 Å². The molecule has 244 valence electrons. The van der Waals surface area contributed by atoms with Gasteiger partial charge in [-0.25, -0.2) is 0 Å². The van der Waals surface area contributed by atoms with Crippen molar-refractivity contribution in [3.8, 4) is 22.3 Å². The van der Waals surface area contributed by atoms with Gasteiger partial charge in [0.15, 0.2) is 0 Å². The summed E-state index contributed by atoms with van der Waals surface area (Å²) in [5.74, 6) is 0. The number of benzene rings is 8. The van der Waals surface area contributed by atoms with Crippen molar-refractivity contribution < 1.29 is 0 Å². The van der Waals surface area contributed by atoms with Crippen LogP contribution in [0.15, 0.2) is 206 Å². The van der Waals surface area contributed by atoms with E-state index < -0.39 is 5.41 Å². The zero-order valence-electron chi connectivity index (χ0n) is 28.8. The van der Waals surface area contributed by atoms with Crippen LogP contribution in [0.2, 0.25) is 0 Å². The van der Waals surface area contributed by atoms with Crippen molar-refractivity contribution in [2.24, 2.45) is 0 Å². The summed E-state index contributed by atoms with van der Waals surface area (Å²) < 4.78 is 0. The molecule has 0 amide bonds. The minimum Gasteiger partial charge on any atom is -0.0622 e. The molecule has 0 heteroatoms. The zero-order valence-corrected chi connectivity index (χ0v) is 28.8. The summed E-state index contributed by atoms with van der Waals surface area (Å²) in [4.78, 5) is 0. The molecule has 0 aromatic heterocycles. The lowest BCUT2D eigenvalue weighted by atomic mass is 9.57. The monoisotopic (exact) mass is 660 g/mol. The van der Waals surface area contributed by atoms with Gasteiger partial charge in [0.1, 0.15) is 0 Å². The predicted octanol–water partition coefficient (Wildman–Crippen LogP) is 12.6. The predicted molar refractivity (Wildman–Crippen MR) is 216 cm³/mol. The van der Waals surface area contributed by atoms with Crippen molar-refractivity contribution in [1.82, 2.24) is 0 Å². The Morgan fingerprint density at radius 1 is 0.269 bits per heavy atom. The second kappa shape index (κ2) is 12.4. The van der Waals surface area contributed by atoms with Gasteiger partial charge < -0.3 is 0 Å². The SMILES string of the molecule is c1ccc(-c2ccc(C3(c4ccc(-c5ccccc5)cc4)c4ccccc4C(=C4c5ccccc5Cc5ccccc54)c4ccccc43)cc2)cc1. The first-order valence-corrected chi connectivity index (χ1v) is 18.2. The topological polar surface area (TPSA) is 0 Å². The van der Waals surface area contributed by atoms with Gasteiger partial charge in [-0.1, -0.05) is 206 Å². The van der Waals surface area contributed by atoms with Crippen LogP contribution in [-0.4, -0.2) is 0 Å². The molecule has 10 rings (SSSR count). The molecular weight excluding hydrogens is 625 g/mol. The Bertz CT molecular complexity index is 2420. The van der Waals surface area contributed by atoms with E-state index in [1.165, 1.54) is 89.0 Å². The molecule has 0 nitrogen and oxygen atoms in total. The van der Waals surface area contributed by atoms with Crippen LogP contribution < -0.4 is 0 Å². The average molecular weight is 661 g/mol. The first-order chi connectivity index (χ1) is 25.8. The lowest BCUT2D eigenvalue weighted by Crippen LogP contribution is -2.36. The maximum atomic E-state index is 2.38. The van der Waals surface area contributed by atoms with Gasteiger partial charge in [0.25, 0.3) is 0 Å². The second-order valence-electron chi connectivity index (χ2n) is 14.0. The maximum absolute atomic E-state index is 2.38. The number of rotatable bonds is 4. The molecule has 0 bridgehead atoms. The van der Waals surface area contributed by atoms with E-state index in [-0.39, 0.29) is 0 Å². The lowest BCUT2D eigenvalue weighted by molar-refractivity contribution is 0.732. The molecule has 2 aliphatic rings. The molecule has 0 heterocycles. The van der Waals surface area contributed by atoms with E-state index in [2.05, 4.69) is 206 Å². The number of hydrogen-bond donors (Lipinski definition) is 0. The summed E-state index contributed by atoms with van der Waals surface area (Å²) in [6.07, 6.45) is 0.942. The Labute approximate surface area is 306 Å². The van der Waals surface area contributed by atoms with Crippen molar-refractivity contribution in [2.75, 3.05) is 0 Å². The fourth-order valence-electron chi connectivity index (χ4n) is 8.95. The highest BCUT2D eigenvalue weighted by Crippen LogP contribution is 2.56. The van der Waals surface area contributed by atoms with E-state index >= 15 is 0 Å². The summed E-state index contributed by atoms with van der Waals surface area (Å²) in [6, 6.07) is 76.4. The van der Waals surface area contributed by atoms with Gasteiger partial charge >= 0.3 is 0 Å². The molecule has 8 aromatic carbocycles. The quantitative estimate of drug-likeness (QED) is 0.176. The summed E-state index contributed by atoms with van der Waals surface area (Å²) in [7, 11) is 0. The molecule has 0 N–H and O–H groups in total. The third kappa shape index (κ3) is 4.69. The minimum atomic E-state index is -0.560. The van der Waals surface area contributed by atoms with E-state index in [4.69, 9.17) is 0 Å². The van der Waals surface area contributed by atoms with Gasteiger partial charge in [-0.05, 0) is 95.5 Å². The molecule has 0 aliphatic heterocycles. The third-order valence-electron chi connectivity index (χ3n) is 11.3. The molecule has 0 atom stereocenters. The number of hydrogen-bond acceptors (Lipinski definition) is 0. The largest absolute Gasteiger partial charge is 0.0713 e. The van der Waals surface area contributed by atoms with E-state index in [9.17, 15) is 0 Å². The molecule has 0 spiro atoms. The van der Waals surface area contributed by atoms with Gasteiger partial charge in [0.05, 0.1) is 5.41 Å². The Morgan fingerprint density at radius 2 is 0.596 bits per heavy atom. The lowest BCUT2D eigenvalue weighted by Gasteiger charge is -2.44. The van der Waals surface area contributed by atoms with E-state index in [0.29, 0.717) is 0 Å². The molecule has 8 aromatic rings. The van der Waals surface area contributed by atoms with Crippen molar-refractivity contribution in [2.45, 2.75) is 11.8 Å². The highest BCUT2D eigenvalue weighted by Gasteiger charge is 2.46. The number of fused-ring (bicyclic) bond motifs is 4. The molecular formula is C52H36. The van der Waals surface area contributed by atoms with Crippen molar-refractivity contribution >= 4 is 11.1 Å². The van der Waals surface area contributed by atoms with Crippen molar-refractivity contribution in [3.05, 3.63) is 262 Å². The Morgan fingerprint density at radius 3 is 1.04 bits per heavy atom. The van der Waals surface area contributed by atoms with E-state index in [0.717, 1.165) is 6.42 Å². The molecule has 0 unspecified atom stereocenters. The van der Waals surface area contributed by atoms with Crippen LogP contribution >= 0.6 is 0 Å². The molecule has 0 radical (unpaired) electrons. The summed E-state index contributed by atoms with van der Waals surface area (Å²) in [5, 5.41) is 0. The third-order valence-corrected chi connectivity index (χ3v) is 11.3. The second-order valence-corrected chi connectivity index (χ2v) is 14.0. The van der Waals surface area contributed by atoms with Crippen LogP contribution in [0, 0.1) is 0 Å². The van der Waals surface area contributed by atoms with Gasteiger partial charge in [0, 0.05) is 0 Å². The normalized spacial score (nSPS) is 13.8. The van der Waals surface area contributed by atoms with Crippen LogP contribution in [-0.2, 0) is 11.8 Å². The molecule has 0 fully saturated rings. The Hall–Kier alpha value is -6.50. The Kier molecular flexibility index (Phi) is 7.22. The minimum absolute atomic E-state index is 0.560. The maximum Gasteiger partial charge on any atom is 0.0713 e. The highest BCUT2D eigenvalue weighted by atomic mass is 14.5. The van der Waals surface area contributed by atoms with Crippen LogP contribution in [0.25, 0.3) is 33.4 Å². The van der Waals surface area contributed by atoms with Gasteiger partial charge in [-0.2, -0.15) is 0 Å². The van der Waals surface area contributed by atoms with Crippen LogP contribution in [0.1, 0.15) is 55.6 Å². The summed E-state index contributed by atoms with van der Waals surface area (Å²) in [5.41, 5.74) is 20.0. The van der Waals surface area contributed by atoms with Gasteiger partial charge in [-0.3, -0.25) is 0 Å². The highest BCUT2D eigenvalue weighted by molar-refractivity contribution is 6.09. The molecule has 0 saturated heterocycles. The standard InChI is InChI=1S/C52H36/c1-3-15-36(16-4-1)38-27-31-42(32-28-38)52(43-33-29-39(30-34-43)37-17-5-2-6-18-37)48-25-13-11-23-46(48)51(47-24-12-14-26-49(47)52)50-44-21-9-7-19-40(44)35-41-20-8-10-22-45(41)50/h1-34H,35H2.